The quantitative estimate of drug-likeness (QED) is 0.407. The van der Waals surface area contributed by atoms with E-state index in [0.29, 0.717) is 6.61 Å². The number of hydrazine groups is 1. The van der Waals surface area contributed by atoms with E-state index in [2.05, 4.69) is 34.6 Å². The molecule has 0 saturated heterocycles. The molecule has 1 aromatic rings. The number of hydrogen-bond acceptors (Lipinski definition) is 8. The number of nitrogens with two attached hydrogens (primary N) is 1. The Hall–Kier alpha value is -2.00. The van der Waals surface area contributed by atoms with Gasteiger partial charge in [0.15, 0.2) is 0 Å². The SMILES string of the molecule is CCOC1CC(Nc2nc(NN)ncc2[N+](=O)[O-])C1(C)C. The van der Waals surface area contributed by atoms with Gasteiger partial charge in [-0.2, -0.15) is 4.98 Å². The zero-order valence-corrected chi connectivity index (χ0v) is 12.3. The highest BCUT2D eigenvalue weighted by atomic mass is 16.6. The first kappa shape index (κ1) is 15.4. The lowest BCUT2D eigenvalue weighted by atomic mass is 9.64. The molecule has 9 nitrogen and oxygen atoms in total. The van der Waals surface area contributed by atoms with E-state index < -0.39 is 4.92 Å². The van der Waals surface area contributed by atoms with Crippen LogP contribution in [-0.4, -0.2) is 33.6 Å². The third-order valence-corrected chi connectivity index (χ3v) is 3.95. The van der Waals surface area contributed by atoms with E-state index in [0.717, 1.165) is 12.6 Å². The number of nitrogens with one attached hydrogen (secondary N) is 2. The van der Waals surface area contributed by atoms with E-state index in [1.165, 1.54) is 0 Å². The summed E-state index contributed by atoms with van der Waals surface area (Å²) in [6.07, 6.45) is 2.04. The molecule has 0 aliphatic heterocycles. The van der Waals surface area contributed by atoms with Gasteiger partial charge in [-0.25, -0.2) is 10.8 Å². The molecule has 0 spiro atoms. The molecule has 1 aromatic heterocycles. The summed E-state index contributed by atoms with van der Waals surface area (Å²) >= 11 is 0. The van der Waals surface area contributed by atoms with Crippen molar-refractivity contribution in [3.8, 4) is 0 Å². The highest BCUT2D eigenvalue weighted by Gasteiger charge is 2.49. The third kappa shape index (κ3) is 2.88. The van der Waals surface area contributed by atoms with E-state index in [1.54, 1.807) is 0 Å². The standard InChI is InChI=1S/C12H20N6O3/c1-4-21-9-5-8(12(9,2)3)15-10-7(18(19)20)6-14-11(16-10)17-13/h6,8-9H,4-5,13H2,1-3H3,(H2,14,15,16,17). The summed E-state index contributed by atoms with van der Waals surface area (Å²) < 4.78 is 5.64. The van der Waals surface area contributed by atoms with Crippen LogP contribution in [0.15, 0.2) is 6.20 Å². The average molecular weight is 296 g/mol. The van der Waals surface area contributed by atoms with Gasteiger partial charge in [-0.05, 0) is 13.3 Å². The smallest absolute Gasteiger partial charge is 0.329 e. The Bertz CT molecular complexity index is 536. The lowest BCUT2D eigenvalue weighted by Crippen LogP contribution is -2.58. The zero-order valence-electron chi connectivity index (χ0n) is 12.3. The highest BCUT2D eigenvalue weighted by Crippen LogP contribution is 2.44. The summed E-state index contributed by atoms with van der Waals surface area (Å²) in [6.45, 7) is 6.72. The number of hydrogen-bond donors (Lipinski definition) is 3. The lowest BCUT2D eigenvalue weighted by molar-refractivity contribution is -0.384. The minimum absolute atomic E-state index is 0.0354. The summed E-state index contributed by atoms with van der Waals surface area (Å²) in [5, 5.41) is 14.2. The molecule has 2 rings (SSSR count). The van der Waals surface area contributed by atoms with E-state index >= 15 is 0 Å². The van der Waals surface area contributed by atoms with Gasteiger partial charge >= 0.3 is 5.69 Å². The fourth-order valence-corrected chi connectivity index (χ4v) is 2.46. The van der Waals surface area contributed by atoms with Crippen molar-refractivity contribution in [2.75, 3.05) is 17.3 Å². The molecule has 2 unspecified atom stereocenters. The van der Waals surface area contributed by atoms with Gasteiger partial charge in [0.05, 0.1) is 11.0 Å². The predicted octanol–water partition coefficient (Wildman–Crippen LogP) is 1.29. The number of nitro groups is 1. The second-order valence-corrected chi connectivity index (χ2v) is 5.53. The van der Waals surface area contributed by atoms with Crippen molar-refractivity contribution in [1.29, 1.82) is 0 Å². The van der Waals surface area contributed by atoms with Crippen molar-refractivity contribution in [3.05, 3.63) is 16.3 Å². The molecule has 0 aromatic carbocycles. The van der Waals surface area contributed by atoms with Crippen LogP contribution in [0.5, 0.6) is 0 Å². The molecule has 0 bridgehead atoms. The van der Waals surface area contributed by atoms with Gasteiger partial charge in [0.25, 0.3) is 0 Å². The molecule has 4 N–H and O–H groups in total. The van der Waals surface area contributed by atoms with Crippen molar-refractivity contribution >= 4 is 17.5 Å². The van der Waals surface area contributed by atoms with Crippen LogP contribution >= 0.6 is 0 Å². The number of nitrogens with zero attached hydrogens (tertiary/aromatic N) is 3. The fraction of sp³-hybridized carbons (Fsp3) is 0.667. The first-order chi connectivity index (χ1) is 9.90. The van der Waals surface area contributed by atoms with Gasteiger partial charge in [0.2, 0.25) is 11.8 Å². The molecule has 1 aliphatic rings. The van der Waals surface area contributed by atoms with Crippen molar-refractivity contribution in [2.24, 2.45) is 11.3 Å². The van der Waals surface area contributed by atoms with Gasteiger partial charge in [0.1, 0.15) is 6.20 Å². The lowest BCUT2D eigenvalue weighted by Gasteiger charge is -2.51. The molecule has 0 radical (unpaired) electrons. The summed E-state index contributed by atoms with van der Waals surface area (Å²) in [7, 11) is 0. The number of anilines is 2. The summed E-state index contributed by atoms with van der Waals surface area (Å²) in [4.78, 5) is 18.3. The van der Waals surface area contributed by atoms with Gasteiger partial charge in [-0.3, -0.25) is 15.5 Å². The average Bonchev–Trinajstić information content (AvgIpc) is 2.45. The third-order valence-electron chi connectivity index (χ3n) is 3.95. The van der Waals surface area contributed by atoms with Crippen LogP contribution in [0.2, 0.25) is 0 Å². The first-order valence-corrected chi connectivity index (χ1v) is 6.76. The molecule has 2 atom stereocenters. The monoisotopic (exact) mass is 296 g/mol. The molecule has 9 heteroatoms. The minimum atomic E-state index is -0.520. The van der Waals surface area contributed by atoms with Crippen LogP contribution in [0.4, 0.5) is 17.5 Å². The van der Waals surface area contributed by atoms with E-state index in [-0.39, 0.29) is 35.0 Å². The number of nitrogen functional groups attached to an aromatic ring is 1. The summed E-state index contributed by atoms with van der Waals surface area (Å²) in [6, 6.07) is 0.0354. The predicted molar refractivity (Wildman–Crippen MR) is 77.7 cm³/mol. The maximum absolute atomic E-state index is 11.0. The number of rotatable bonds is 6. The zero-order chi connectivity index (χ0) is 15.6. The molecular formula is C12H20N6O3. The Balaban J connectivity index is 2.18. The van der Waals surface area contributed by atoms with Gasteiger partial charge in [0, 0.05) is 18.1 Å². The van der Waals surface area contributed by atoms with Crippen LogP contribution in [-0.2, 0) is 4.74 Å². The molecule has 1 saturated carbocycles. The molecule has 21 heavy (non-hydrogen) atoms. The van der Waals surface area contributed by atoms with Crippen molar-refractivity contribution in [1.82, 2.24) is 9.97 Å². The van der Waals surface area contributed by atoms with Crippen LogP contribution in [0.1, 0.15) is 27.2 Å². The Kier molecular flexibility index (Phi) is 4.24. The summed E-state index contributed by atoms with van der Waals surface area (Å²) in [5.41, 5.74) is 1.97. The Morgan fingerprint density at radius 1 is 1.62 bits per heavy atom. The normalized spacial score (nSPS) is 23.2. The first-order valence-electron chi connectivity index (χ1n) is 6.76. The molecule has 116 valence electrons. The van der Waals surface area contributed by atoms with Crippen molar-refractivity contribution in [3.63, 3.8) is 0 Å². The topological polar surface area (TPSA) is 128 Å². The highest BCUT2D eigenvalue weighted by molar-refractivity contribution is 5.58. The van der Waals surface area contributed by atoms with Gasteiger partial charge in [-0.15, -0.1) is 0 Å². The van der Waals surface area contributed by atoms with Gasteiger partial charge in [-0.1, -0.05) is 13.8 Å². The molecule has 1 fully saturated rings. The fourth-order valence-electron chi connectivity index (χ4n) is 2.46. The van der Waals surface area contributed by atoms with E-state index in [1.807, 2.05) is 6.92 Å². The van der Waals surface area contributed by atoms with Crippen LogP contribution in [0.3, 0.4) is 0 Å². The van der Waals surface area contributed by atoms with E-state index in [4.69, 9.17) is 10.6 Å². The van der Waals surface area contributed by atoms with Crippen LogP contribution in [0, 0.1) is 15.5 Å². The Labute approximate surface area is 122 Å². The second kappa shape index (κ2) is 5.78. The minimum Gasteiger partial charge on any atom is -0.378 e. The number of aromatic nitrogens is 2. The van der Waals surface area contributed by atoms with Crippen LogP contribution in [0.25, 0.3) is 0 Å². The largest absolute Gasteiger partial charge is 0.378 e. The van der Waals surface area contributed by atoms with Gasteiger partial charge < -0.3 is 10.1 Å². The maximum atomic E-state index is 11.0. The Morgan fingerprint density at radius 3 is 2.86 bits per heavy atom. The maximum Gasteiger partial charge on any atom is 0.329 e. The van der Waals surface area contributed by atoms with E-state index in [9.17, 15) is 10.1 Å². The van der Waals surface area contributed by atoms with Crippen LogP contribution < -0.4 is 16.6 Å². The Morgan fingerprint density at radius 2 is 2.33 bits per heavy atom. The van der Waals surface area contributed by atoms with Crippen molar-refractivity contribution < 1.29 is 9.66 Å². The van der Waals surface area contributed by atoms with Crippen molar-refractivity contribution in [2.45, 2.75) is 39.3 Å². The molecule has 1 heterocycles. The second-order valence-electron chi connectivity index (χ2n) is 5.53. The molecule has 1 aliphatic carbocycles. The number of ether oxygens (including phenoxy) is 1. The summed E-state index contributed by atoms with van der Waals surface area (Å²) in [5.74, 6) is 5.53. The molecular weight excluding hydrogens is 276 g/mol. The molecule has 0 amide bonds.